The van der Waals surface area contributed by atoms with Crippen molar-refractivity contribution in [2.75, 3.05) is 31.1 Å². The van der Waals surface area contributed by atoms with Crippen molar-refractivity contribution in [3.63, 3.8) is 0 Å². The lowest BCUT2D eigenvalue weighted by Gasteiger charge is -2.33. The summed E-state index contributed by atoms with van der Waals surface area (Å²) in [6.45, 7) is 6.30. The van der Waals surface area contributed by atoms with Gasteiger partial charge in [-0.25, -0.2) is 13.4 Å². The summed E-state index contributed by atoms with van der Waals surface area (Å²) in [5.74, 6) is 0. The largest absolute Gasteiger partial charge is 0.345 e. The average molecular weight is 448 g/mol. The third kappa shape index (κ3) is 4.05. The highest BCUT2D eigenvalue weighted by Gasteiger charge is 2.29. The third-order valence-electron chi connectivity index (χ3n) is 5.19. The van der Waals surface area contributed by atoms with Gasteiger partial charge in [0.05, 0.1) is 10.6 Å². The monoisotopic (exact) mass is 447 g/mol. The normalized spacial score (nSPS) is 15.6. The number of rotatable bonds is 4. The molecular weight excluding hydrogens is 426 g/mol. The van der Waals surface area contributed by atoms with Crippen LogP contribution in [0.15, 0.2) is 52.7 Å². The Balaban J connectivity index is 1.48. The van der Waals surface area contributed by atoms with Gasteiger partial charge in [-0.15, -0.1) is 11.3 Å². The summed E-state index contributed by atoms with van der Waals surface area (Å²) in [5.41, 5.74) is 4.58. The number of benzene rings is 2. The van der Waals surface area contributed by atoms with E-state index in [1.165, 1.54) is 21.0 Å². The molecule has 0 spiro atoms. The van der Waals surface area contributed by atoms with Gasteiger partial charge >= 0.3 is 0 Å². The number of hydrogen-bond donors (Lipinski definition) is 0. The third-order valence-corrected chi connectivity index (χ3v) is 8.26. The molecule has 0 radical (unpaired) electrons. The number of halogens is 1. The van der Waals surface area contributed by atoms with Crippen molar-refractivity contribution >= 4 is 38.1 Å². The van der Waals surface area contributed by atoms with E-state index in [9.17, 15) is 8.42 Å². The number of piperazine rings is 1. The van der Waals surface area contributed by atoms with Crippen molar-refractivity contribution in [3.8, 4) is 11.3 Å². The molecule has 4 rings (SSSR count). The fourth-order valence-electron chi connectivity index (χ4n) is 3.62. The first-order valence-electron chi connectivity index (χ1n) is 9.39. The molecular formula is C21H22ClN3O2S2. The first-order chi connectivity index (χ1) is 13.9. The minimum Gasteiger partial charge on any atom is -0.345 e. The maximum atomic E-state index is 12.9. The number of hydrogen-bond acceptors (Lipinski definition) is 5. The molecule has 2 heterocycles. The Kier molecular flexibility index (Phi) is 5.66. The number of anilines is 1. The summed E-state index contributed by atoms with van der Waals surface area (Å²) < 4.78 is 27.2. The molecule has 0 amide bonds. The molecule has 0 unspecified atom stereocenters. The van der Waals surface area contributed by atoms with Gasteiger partial charge in [0.1, 0.15) is 0 Å². The van der Waals surface area contributed by atoms with Gasteiger partial charge in [0.2, 0.25) is 10.0 Å². The number of thiazole rings is 1. The molecule has 0 aliphatic carbocycles. The number of aromatic nitrogens is 1. The molecule has 29 heavy (non-hydrogen) atoms. The molecule has 8 heteroatoms. The molecule has 0 bridgehead atoms. The van der Waals surface area contributed by atoms with E-state index >= 15 is 0 Å². The van der Waals surface area contributed by atoms with E-state index in [2.05, 4.69) is 42.3 Å². The lowest BCUT2D eigenvalue weighted by molar-refractivity contribution is 0.385. The zero-order valence-corrected chi connectivity index (χ0v) is 18.7. The Bertz CT molecular complexity index is 1100. The maximum absolute atomic E-state index is 12.9. The van der Waals surface area contributed by atoms with Crippen LogP contribution in [0.3, 0.4) is 0 Å². The number of sulfonamides is 1. The first-order valence-corrected chi connectivity index (χ1v) is 12.1. The minimum atomic E-state index is -3.50. The van der Waals surface area contributed by atoms with E-state index in [0.29, 0.717) is 31.2 Å². The van der Waals surface area contributed by atoms with Crippen molar-refractivity contribution in [3.05, 3.63) is 64.0 Å². The summed E-state index contributed by atoms with van der Waals surface area (Å²) in [6.07, 6.45) is 0. The Morgan fingerprint density at radius 3 is 2.21 bits per heavy atom. The van der Waals surface area contributed by atoms with E-state index < -0.39 is 10.0 Å². The van der Waals surface area contributed by atoms with Crippen molar-refractivity contribution in [2.45, 2.75) is 18.7 Å². The molecule has 152 valence electrons. The first kappa shape index (κ1) is 20.3. The van der Waals surface area contributed by atoms with Crippen LogP contribution < -0.4 is 4.90 Å². The smallest absolute Gasteiger partial charge is 0.243 e. The predicted molar refractivity (Wildman–Crippen MR) is 119 cm³/mol. The van der Waals surface area contributed by atoms with E-state index in [4.69, 9.17) is 16.6 Å². The lowest BCUT2D eigenvalue weighted by atomic mass is 10.0. The molecule has 1 aliphatic heterocycles. The van der Waals surface area contributed by atoms with Crippen LogP contribution in [0, 0.1) is 13.8 Å². The molecule has 0 N–H and O–H groups in total. The highest BCUT2D eigenvalue weighted by molar-refractivity contribution is 7.89. The molecule has 5 nitrogen and oxygen atoms in total. The van der Waals surface area contributed by atoms with Gasteiger partial charge in [-0.05, 0) is 49.2 Å². The molecule has 1 aromatic heterocycles. The fourth-order valence-corrected chi connectivity index (χ4v) is 6.04. The SMILES string of the molecule is Cc1cccc(C)c1-c1csc(N2CCN(S(=O)(=O)c3ccc(Cl)cc3)CC2)n1. The Morgan fingerprint density at radius 1 is 0.966 bits per heavy atom. The van der Waals surface area contributed by atoms with Gasteiger partial charge in [0, 0.05) is 42.1 Å². The molecule has 1 aliphatic rings. The number of aryl methyl sites for hydroxylation is 2. The average Bonchev–Trinajstić information content (AvgIpc) is 3.18. The highest BCUT2D eigenvalue weighted by atomic mass is 35.5. The summed E-state index contributed by atoms with van der Waals surface area (Å²) in [6, 6.07) is 12.6. The van der Waals surface area contributed by atoms with Gasteiger partial charge in [-0.3, -0.25) is 0 Å². The van der Waals surface area contributed by atoms with Crippen molar-refractivity contribution in [1.29, 1.82) is 0 Å². The topological polar surface area (TPSA) is 53.5 Å². The second kappa shape index (κ2) is 8.07. The van der Waals surface area contributed by atoms with Crippen LogP contribution in [-0.2, 0) is 10.0 Å². The molecule has 0 saturated carbocycles. The summed E-state index contributed by atoms with van der Waals surface area (Å²) in [7, 11) is -3.50. The van der Waals surface area contributed by atoms with E-state index in [1.54, 1.807) is 35.6 Å². The summed E-state index contributed by atoms with van der Waals surface area (Å²) >= 11 is 7.49. The molecule has 2 aromatic carbocycles. The lowest BCUT2D eigenvalue weighted by Crippen LogP contribution is -2.48. The van der Waals surface area contributed by atoms with Crippen molar-refractivity contribution in [1.82, 2.24) is 9.29 Å². The van der Waals surface area contributed by atoms with Crippen molar-refractivity contribution < 1.29 is 8.42 Å². The predicted octanol–water partition coefficient (Wildman–Crippen LogP) is 4.59. The van der Waals surface area contributed by atoms with Gasteiger partial charge in [0.15, 0.2) is 5.13 Å². The van der Waals surface area contributed by atoms with Crippen LogP contribution in [0.5, 0.6) is 0 Å². The Morgan fingerprint density at radius 2 is 1.59 bits per heavy atom. The maximum Gasteiger partial charge on any atom is 0.243 e. The Labute approximate surface area is 180 Å². The van der Waals surface area contributed by atoms with Crippen LogP contribution in [0.25, 0.3) is 11.3 Å². The van der Waals surface area contributed by atoms with Crippen molar-refractivity contribution in [2.24, 2.45) is 0 Å². The second-order valence-corrected chi connectivity index (χ2v) is 10.3. The molecule has 1 fully saturated rings. The van der Waals surface area contributed by atoms with Gasteiger partial charge in [-0.2, -0.15) is 4.31 Å². The second-order valence-electron chi connectivity index (χ2n) is 7.13. The highest BCUT2D eigenvalue weighted by Crippen LogP contribution is 2.32. The molecule has 0 atom stereocenters. The van der Waals surface area contributed by atoms with E-state index in [-0.39, 0.29) is 4.90 Å². The summed E-state index contributed by atoms with van der Waals surface area (Å²) in [4.78, 5) is 7.28. The molecule has 1 saturated heterocycles. The van der Waals surface area contributed by atoms with Crippen LogP contribution in [0.1, 0.15) is 11.1 Å². The van der Waals surface area contributed by atoms with Crippen LogP contribution in [-0.4, -0.2) is 43.9 Å². The van der Waals surface area contributed by atoms with Gasteiger partial charge < -0.3 is 4.90 Å². The standard InChI is InChI=1S/C21H22ClN3O2S2/c1-15-4-3-5-16(2)20(15)19-14-28-21(23-19)24-10-12-25(13-11-24)29(26,27)18-8-6-17(22)7-9-18/h3-9,14H,10-13H2,1-2H3. The number of nitrogens with zero attached hydrogens (tertiary/aromatic N) is 3. The van der Waals surface area contributed by atoms with Crippen LogP contribution >= 0.6 is 22.9 Å². The molecule has 3 aromatic rings. The van der Waals surface area contributed by atoms with Gasteiger partial charge in [0.25, 0.3) is 0 Å². The zero-order valence-electron chi connectivity index (χ0n) is 16.3. The summed E-state index contributed by atoms with van der Waals surface area (Å²) in [5, 5.41) is 3.55. The van der Waals surface area contributed by atoms with Crippen LogP contribution in [0.2, 0.25) is 5.02 Å². The fraction of sp³-hybridized carbons (Fsp3) is 0.286. The Hall–Kier alpha value is -1.93. The minimum absolute atomic E-state index is 0.280. The zero-order chi connectivity index (χ0) is 20.6. The quantitative estimate of drug-likeness (QED) is 0.586. The van der Waals surface area contributed by atoms with Crippen LogP contribution in [0.4, 0.5) is 5.13 Å². The van der Waals surface area contributed by atoms with E-state index in [1.807, 2.05) is 0 Å². The van der Waals surface area contributed by atoms with Gasteiger partial charge in [-0.1, -0.05) is 29.8 Å². The van der Waals surface area contributed by atoms with E-state index in [0.717, 1.165) is 10.8 Å².